The van der Waals surface area contributed by atoms with Gasteiger partial charge >= 0.3 is 0 Å². The SMILES string of the molecule is COCCn1ccc(NC(=O)[C@@H](C(C)C)N2C[C@@H](C)O[C@@H](C)C2)n1. The maximum atomic E-state index is 12.8. The van der Waals surface area contributed by atoms with E-state index in [4.69, 9.17) is 9.47 Å². The first-order valence-electron chi connectivity index (χ1n) is 8.63. The van der Waals surface area contributed by atoms with Crippen molar-refractivity contribution in [1.82, 2.24) is 14.7 Å². The molecule has 24 heavy (non-hydrogen) atoms. The van der Waals surface area contributed by atoms with E-state index in [9.17, 15) is 4.79 Å². The Bertz CT molecular complexity index is 522. The largest absolute Gasteiger partial charge is 0.383 e. The fourth-order valence-corrected chi connectivity index (χ4v) is 3.27. The number of rotatable bonds is 7. The van der Waals surface area contributed by atoms with E-state index in [1.807, 2.05) is 12.3 Å². The van der Waals surface area contributed by atoms with Gasteiger partial charge < -0.3 is 14.8 Å². The van der Waals surface area contributed by atoms with E-state index in [0.717, 1.165) is 13.1 Å². The number of amides is 1. The van der Waals surface area contributed by atoms with E-state index >= 15 is 0 Å². The van der Waals surface area contributed by atoms with E-state index < -0.39 is 0 Å². The Morgan fingerprint density at radius 3 is 2.67 bits per heavy atom. The van der Waals surface area contributed by atoms with Crippen molar-refractivity contribution >= 4 is 11.7 Å². The number of aromatic nitrogens is 2. The summed E-state index contributed by atoms with van der Waals surface area (Å²) in [5.41, 5.74) is 0. The maximum Gasteiger partial charge on any atom is 0.243 e. The number of hydrogen-bond donors (Lipinski definition) is 1. The van der Waals surface area contributed by atoms with Crippen LogP contribution in [0.5, 0.6) is 0 Å². The first-order chi connectivity index (χ1) is 11.4. The normalized spacial score (nSPS) is 23.4. The van der Waals surface area contributed by atoms with Crippen molar-refractivity contribution in [3.05, 3.63) is 12.3 Å². The summed E-state index contributed by atoms with van der Waals surface area (Å²) in [6, 6.07) is 1.62. The molecule has 0 radical (unpaired) electrons. The van der Waals surface area contributed by atoms with Crippen LogP contribution in [0.25, 0.3) is 0 Å². The lowest BCUT2D eigenvalue weighted by molar-refractivity contribution is -0.130. The molecule has 1 aliphatic heterocycles. The number of morpholine rings is 1. The minimum atomic E-state index is -0.192. The number of ether oxygens (including phenoxy) is 2. The smallest absolute Gasteiger partial charge is 0.243 e. The van der Waals surface area contributed by atoms with Gasteiger partial charge in [-0.3, -0.25) is 14.4 Å². The number of carbonyl (C=O) groups is 1. The molecule has 3 atom stereocenters. The zero-order valence-electron chi connectivity index (χ0n) is 15.4. The molecule has 1 saturated heterocycles. The second-order valence-electron chi connectivity index (χ2n) is 6.85. The van der Waals surface area contributed by atoms with Crippen LogP contribution in [0, 0.1) is 5.92 Å². The first-order valence-corrected chi connectivity index (χ1v) is 8.63. The van der Waals surface area contributed by atoms with Crippen LogP contribution in [-0.4, -0.2) is 65.6 Å². The van der Waals surface area contributed by atoms with Crippen LogP contribution in [0.4, 0.5) is 5.82 Å². The standard InChI is InChI=1S/C17H30N4O3/c1-12(2)16(20-10-13(3)24-14(4)11-20)17(22)18-15-6-7-21(19-15)8-9-23-5/h6-7,12-14,16H,8-11H2,1-5H3,(H,18,19,22)/t13-,14+,16-/m1/s1. The van der Waals surface area contributed by atoms with Crippen LogP contribution in [0.3, 0.4) is 0 Å². The Balaban J connectivity index is 2.02. The summed E-state index contributed by atoms with van der Waals surface area (Å²) < 4.78 is 12.6. The van der Waals surface area contributed by atoms with Crippen molar-refractivity contribution in [1.29, 1.82) is 0 Å². The van der Waals surface area contributed by atoms with Gasteiger partial charge in [0.05, 0.1) is 31.4 Å². The predicted molar refractivity (Wildman–Crippen MR) is 92.9 cm³/mol. The van der Waals surface area contributed by atoms with Gasteiger partial charge in [0, 0.05) is 32.5 Å². The Hall–Kier alpha value is -1.44. The Morgan fingerprint density at radius 1 is 1.42 bits per heavy atom. The van der Waals surface area contributed by atoms with Crippen molar-refractivity contribution in [3.63, 3.8) is 0 Å². The second-order valence-corrected chi connectivity index (χ2v) is 6.85. The summed E-state index contributed by atoms with van der Waals surface area (Å²) in [6.45, 7) is 11.0. The topological polar surface area (TPSA) is 68.6 Å². The van der Waals surface area contributed by atoms with Gasteiger partial charge in [0.2, 0.25) is 5.91 Å². The molecule has 1 amide bonds. The molecule has 0 unspecified atom stereocenters. The molecule has 7 heteroatoms. The highest BCUT2D eigenvalue weighted by molar-refractivity contribution is 5.94. The number of nitrogens with one attached hydrogen (secondary N) is 1. The van der Waals surface area contributed by atoms with Crippen LogP contribution >= 0.6 is 0 Å². The second kappa shape index (κ2) is 8.60. The molecule has 0 aromatic carbocycles. The van der Waals surface area contributed by atoms with Crippen molar-refractivity contribution in [2.24, 2.45) is 5.92 Å². The average Bonchev–Trinajstić information content (AvgIpc) is 2.91. The molecule has 1 fully saturated rings. The molecule has 1 aromatic heterocycles. The van der Waals surface area contributed by atoms with Gasteiger partial charge in [0.25, 0.3) is 0 Å². The van der Waals surface area contributed by atoms with Crippen molar-refractivity contribution in [2.45, 2.75) is 52.5 Å². The van der Waals surface area contributed by atoms with Crippen LogP contribution in [-0.2, 0) is 20.8 Å². The van der Waals surface area contributed by atoms with Gasteiger partial charge in [0.15, 0.2) is 5.82 Å². The predicted octanol–water partition coefficient (Wildman–Crippen LogP) is 1.60. The quantitative estimate of drug-likeness (QED) is 0.818. The summed E-state index contributed by atoms with van der Waals surface area (Å²) in [5, 5.41) is 7.32. The lowest BCUT2D eigenvalue weighted by atomic mass is 9.99. The van der Waals surface area contributed by atoms with Gasteiger partial charge in [-0.25, -0.2) is 0 Å². The Labute approximate surface area is 144 Å². The Kier molecular flexibility index (Phi) is 6.77. The van der Waals surface area contributed by atoms with Crippen LogP contribution in [0.1, 0.15) is 27.7 Å². The van der Waals surface area contributed by atoms with E-state index in [1.54, 1.807) is 11.8 Å². The van der Waals surface area contributed by atoms with Crippen LogP contribution in [0.15, 0.2) is 12.3 Å². The number of methoxy groups -OCH3 is 1. The summed E-state index contributed by atoms with van der Waals surface area (Å²) in [6.07, 6.45) is 2.12. The zero-order valence-corrected chi connectivity index (χ0v) is 15.4. The molecule has 0 saturated carbocycles. The van der Waals surface area contributed by atoms with E-state index in [2.05, 4.69) is 43.0 Å². The molecule has 136 valence electrons. The highest BCUT2D eigenvalue weighted by Gasteiger charge is 2.34. The molecule has 2 heterocycles. The third-order valence-corrected chi connectivity index (χ3v) is 4.16. The molecule has 0 bridgehead atoms. The molecular formula is C17H30N4O3. The molecule has 0 spiro atoms. The minimum Gasteiger partial charge on any atom is -0.383 e. The first kappa shape index (κ1) is 18.9. The van der Waals surface area contributed by atoms with Crippen molar-refractivity contribution < 1.29 is 14.3 Å². The fraction of sp³-hybridized carbons (Fsp3) is 0.765. The van der Waals surface area contributed by atoms with E-state index in [-0.39, 0.29) is 30.1 Å². The molecule has 1 N–H and O–H groups in total. The van der Waals surface area contributed by atoms with E-state index in [1.165, 1.54) is 0 Å². The average molecular weight is 338 g/mol. The molecule has 0 aliphatic carbocycles. The van der Waals surface area contributed by atoms with Gasteiger partial charge in [-0.1, -0.05) is 13.8 Å². The molecule has 1 aliphatic rings. The van der Waals surface area contributed by atoms with Crippen molar-refractivity contribution in [3.8, 4) is 0 Å². The highest BCUT2D eigenvalue weighted by Crippen LogP contribution is 2.20. The van der Waals surface area contributed by atoms with E-state index in [0.29, 0.717) is 19.0 Å². The fourth-order valence-electron chi connectivity index (χ4n) is 3.27. The molecule has 7 nitrogen and oxygen atoms in total. The lowest BCUT2D eigenvalue weighted by Crippen LogP contribution is -2.55. The minimum absolute atomic E-state index is 0.0108. The highest BCUT2D eigenvalue weighted by atomic mass is 16.5. The van der Waals surface area contributed by atoms with Gasteiger partial charge in [-0.05, 0) is 19.8 Å². The van der Waals surface area contributed by atoms with Gasteiger partial charge in [-0.15, -0.1) is 0 Å². The van der Waals surface area contributed by atoms with Gasteiger partial charge in [-0.2, -0.15) is 5.10 Å². The van der Waals surface area contributed by atoms with Crippen molar-refractivity contribution in [2.75, 3.05) is 32.1 Å². The Morgan fingerprint density at radius 2 is 2.08 bits per heavy atom. The summed E-state index contributed by atoms with van der Waals surface area (Å²) in [4.78, 5) is 15.0. The maximum absolute atomic E-state index is 12.8. The third kappa shape index (κ3) is 5.03. The number of hydrogen-bond acceptors (Lipinski definition) is 5. The molecular weight excluding hydrogens is 308 g/mol. The zero-order chi connectivity index (χ0) is 17.7. The summed E-state index contributed by atoms with van der Waals surface area (Å²) >= 11 is 0. The number of nitrogens with zero attached hydrogens (tertiary/aromatic N) is 3. The molecule has 1 aromatic rings. The monoisotopic (exact) mass is 338 g/mol. The molecule has 2 rings (SSSR count). The summed E-state index contributed by atoms with van der Waals surface area (Å²) in [5.74, 6) is 0.775. The van der Waals surface area contributed by atoms with Crippen LogP contribution < -0.4 is 5.32 Å². The van der Waals surface area contributed by atoms with Gasteiger partial charge in [0.1, 0.15) is 0 Å². The lowest BCUT2D eigenvalue weighted by Gasteiger charge is -2.40. The third-order valence-electron chi connectivity index (χ3n) is 4.16. The summed E-state index contributed by atoms with van der Waals surface area (Å²) in [7, 11) is 1.66. The van der Waals surface area contributed by atoms with Crippen LogP contribution in [0.2, 0.25) is 0 Å². The number of anilines is 1. The number of carbonyl (C=O) groups excluding carboxylic acids is 1.